The highest BCUT2D eigenvalue weighted by Crippen LogP contribution is 2.22. The molecule has 1 nitrogen and oxygen atoms in total. The van der Waals surface area contributed by atoms with Gasteiger partial charge in [-0.2, -0.15) is 0 Å². The van der Waals surface area contributed by atoms with Gasteiger partial charge in [-0.3, -0.25) is 4.90 Å². The van der Waals surface area contributed by atoms with E-state index in [1.807, 2.05) is 6.07 Å². The molecule has 0 aromatic carbocycles. The van der Waals surface area contributed by atoms with Crippen molar-refractivity contribution >= 4 is 38.9 Å². The highest BCUT2D eigenvalue weighted by Gasteiger charge is 2.05. The summed E-state index contributed by atoms with van der Waals surface area (Å²) >= 11 is 11.0. The lowest BCUT2D eigenvalue weighted by molar-refractivity contribution is 0.286. The van der Waals surface area contributed by atoms with E-state index in [2.05, 4.69) is 33.8 Å². The van der Waals surface area contributed by atoms with Crippen LogP contribution >= 0.6 is 38.9 Å². The van der Waals surface area contributed by atoms with Gasteiger partial charge in [0.15, 0.2) is 0 Å². The lowest BCUT2D eigenvalue weighted by Gasteiger charge is -2.19. The Morgan fingerprint density at radius 1 is 1.43 bits per heavy atom. The van der Waals surface area contributed by atoms with Crippen LogP contribution < -0.4 is 0 Å². The Hall–Kier alpha value is 0.430. The van der Waals surface area contributed by atoms with Crippen molar-refractivity contribution in [3.63, 3.8) is 0 Å². The molecule has 1 aromatic rings. The molecule has 0 aliphatic carbocycles. The second-order valence-electron chi connectivity index (χ2n) is 3.17. The summed E-state index contributed by atoms with van der Waals surface area (Å²) in [5, 5.41) is 1.03. The fraction of sp³-hybridized carbons (Fsp3) is 0.600. The molecule has 0 fully saturated rings. The summed E-state index contributed by atoms with van der Waals surface area (Å²) < 4.78 is 0.885. The van der Waals surface area contributed by atoms with Crippen LogP contribution in [-0.4, -0.2) is 23.3 Å². The van der Waals surface area contributed by atoms with Gasteiger partial charge >= 0.3 is 0 Å². The van der Waals surface area contributed by atoms with E-state index >= 15 is 0 Å². The van der Waals surface area contributed by atoms with E-state index in [1.165, 1.54) is 11.3 Å². The average molecular weight is 297 g/mol. The first-order chi connectivity index (χ1) is 6.76. The van der Waals surface area contributed by atoms with Gasteiger partial charge in [0, 0.05) is 23.3 Å². The minimum Gasteiger partial charge on any atom is -0.297 e. The molecule has 14 heavy (non-hydrogen) atoms. The Labute approximate surface area is 103 Å². The second-order valence-corrected chi connectivity index (χ2v) is 5.76. The minimum absolute atomic E-state index is 0.885. The van der Waals surface area contributed by atoms with Crippen LogP contribution in [0.4, 0.5) is 0 Å². The summed E-state index contributed by atoms with van der Waals surface area (Å²) in [5.74, 6) is 0. The summed E-state index contributed by atoms with van der Waals surface area (Å²) in [5.41, 5.74) is 0. The normalized spacial score (nSPS) is 11.1. The Bertz CT molecular complexity index is 258. The first-order valence-corrected chi connectivity index (χ1v) is 7.10. The zero-order valence-electron chi connectivity index (χ0n) is 8.30. The van der Waals surface area contributed by atoms with Crippen LogP contribution in [0.5, 0.6) is 0 Å². The van der Waals surface area contributed by atoms with Crippen LogP contribution in [0.15, 0.2) is 12.1 Å². The minimum atomic E-state index is 0.885. The second kappa shape index (κ2) is 6.83. The van der Waals surface area contributed by atoms with Crippen molar-refractivity contribution in [3.05, 3.63) is 21.3 Å². The van der Waals surface area contributed by atoms with Gasteiger partial charge in [-0.25, -0.2) is 0 Å². The van der Waals surface area contributed by atoms with Gasteiger partial charge in [0.25, 0.3) is 0 Å². The molecule has 0 aliphatic rings. The van der Waals surface area contributed by atoms with Crippen LogP contribution in [0.3, 0.4) is 0 Å². The molecular formula is C10H15BrClNS. The third-order valence-electron chi connectivity index (χ3n) is 1.95. The zero-order chi connectivity index (χ0) is 10.4. The third-order valence-corrected chi connectivity index (χ3v) is 3.52. The number of hydrogen-bond acceptors (Lipinski definition) is 2. The maximum atomic E-state index is 5.89. The molecule has 80 valence electrons. The van der Waals surface area contributed by atoms with Crippen molar-refractivity contribution in [1.82, 2.24) is 4.90 Å². The van der Waals surface area contributed by atoms with Crippen molar-refractivity contribution in [1.29, 1.82) is 0 Å². The predicted octanol–water partition coefficient (Wildman–Crippen LogP) is 4.01. The summed E-state index contributed by atoms with van der Waals surface area (Å²) in [6, 6.07) is 4.09. The van der Waals surface area contributed by atoms with E-state index in [1.54, 1.807) is 11.3 Å². The van der Waals surface area contributed by atoms with Gasteiger partial charge in [0.1, 0.15) is 0 Å². The van der Waals surface area contributed by atoms with E-state index in [9.17, 15) is 0 Å². The predicted molar refractivity (Wildman–Crippen MR) is 68.7 cm³/mol. The van der Waals surface area contributed by atoms with Crippen LogP contribution in [0.1, 0.15) is 18.2 Å². The van der Waals surface area contributed by atoms with E-state index in [4.69, 9.17) is 11.6 Å². The molecule has 0 unspecified atom stereocenters. The van der Waals surface area contributed by atoms with Crippen molar-refractivity contribution in [2.45, 2.75) is 19.9 Å². The molecule has 0 atom stereocenters. The maximum absolute atomic E-state index is 5.89. The molecule has 1 heterocycles. The van der Waals surface area contributed by atoms with Crippen molar-refractivity contribution < 1.29 is 0 Å². The summed E-state index contributed by atoms with van der Waals surface area (Å²) in [6.07, 6.45) is 1.20. The molecule has 0 saturated carbocycles. The number of halogens is 2. The molecule has 0 radical (unpaired) electrons. The van der Waals surface area contributed by atoms with Gasteiger partial charge < -0.3 is 0 Å². The van der Waals surface area contributed by atoms with Crippen LogP contribution in [0.25, 0.3) is 0 Å². The smallest absolute Gasteiger partial charge is 0.0931 e. The molecule has 1 rings (SSSR count). The molecule has 0 spiro atoms. The third kappa shape index (κ3) is 4.30. The first kappa shape index (κ1) is 12.5. The Morgan fingerprint density at radius 2 is 2.21 bits per heavy atom. The number of nitrogens with zero attached hydrogens (tertiary/aromatic N) is 1. The van der Waals surface area contributed by atoms with Gasteiger partial charge in [-0.05, 0) is 25.1 Å². The SMILES string of the molecule is CCCN(CCBr)Cc1ccc(Cl)s1. The highest BCUT2D eigenvalue weighted by atomic mass is 79.9. The first-order valence-electron chi connectivity index (χ1n) is 4.78. The number of rotatable bonds is 6. The highest BCUT2D eigenvalue weighted by molar-refractivity contribution is 9.09. The van der Waals surface area contributed by atoms with Crippen LogP contribution in [0.2, 0.25) is 4.34 Å². The van der Waals surface area contributed by atoms with Crippen molar-refractivity contribution in [2.24, 2.45) is 0 Å². The molecule has 0 N–H and O–H groups in total. The monoisotopic (exact) mass is 295 g/mol. The fourth-order valence-corrected chi connectivity index (χ4v) is 2.99. The van der Waals surface area contributed by atoms with Crippen molar-refractivity contribution in [3.8, 4) is 0 Å². The van der Waals surface area contributed by atoms with Gasteiger partial charge in [-0.1, -0.05) is 34.5 Å². The summed E-state index contributed by atoms with van der Waals surface area (Å²) in [6.45, 7) is 5.49. The molecule has 0 saturated heterocycles. The molecular weight excluding hydrogens is 282 g/mol. The summed E-state index contributed by atoms with van der Waals surface area (Å²) in [4.78, 5) is 3.79. The lowest BCUT2D eigenvalue weighted by Crippen LogP contribution is -2.25. The lowest BCUT2D eigenvalue weighted by atomic mass is 10.3. The summed E-state index contributed by atoms with van der Waals surface area (Å²) in [7, 11) is 0. The van der Waals surface area contributed by atoms with E-state index in [0.717, 1.165) is 29.3 Å². The van der Waals surface area contributed by atoms with Crippen LogP contribution in [0, 0.1) is 0 Å². The Balaban J connectivity index is 2.46. The number of thiophene rings is 1. The average Bonchev–Trinajstić information content (AvgIpc) is 2.52. The molecule has 4 heteroatoms. The van der Waals surface area contributed by atoms with E-state index in [0.29, 0.717) is 0 Å². The Kier molecular flexibility index (Phi) is 6.10. The number of hydrogen-bond donors (Lipinski definition) is 0. The molecule has 0 amide bonds. The molecule has 0 bridgehead atoms. The quantitative estimate of drug-likeness (QED) is 0.717. The largest absolute Gasteiger partial charge is 0.297 e. The maximum Gasteiger partial charge on any atom is 0.0931 e. The standard InChI is InChI=1S/C10H15BrClNS/c1-2-6-13(7-5-11)8-9-3-4-10(12)14-9/h3-4H,2,5-8H2,1H3. The van der Waals surface area contributed by atoms with Gasteiger partial charge in [-0.15, -0.1) is 11.3 Å². The van der Waals surface area contributed by atoms with E-state index in [-0.39, 0.29) is 0 Å². The molecule has 1 aromatic heterocycles. The topological polar surface area (TPSA) is 3.24 Å². The molecule has 0 aliphatic heterocycles. The number of alkyl halides is 1. The fourth-order valence-electron chi connectivity index (χ4n) is 1.36. The van der Waals surface area contributed by atoms with Gasteiger partial charge in [0.2, 0.25) is 0 Å². The van der Waals surface area contributed by atoms with Gasteiger partial charge in [0.05, 0.1) is 4.34 Å². The van der Waals surface area contributed by atoms with E-state index < -0.39 is 0 Å². The Morgan fingerprint density at radius 3 is 2.71 bits per heavy atom. The zero-order valence-corrected chi connectivity index (χ0v) is 11.5. The van der Waals surface area contributed by atoms with Crippen molar-refractivity contribution in [2.75, 3.05) is 18.4 Å². The van der Waals surface area contributed by atoms with Crippen LogP contribution in [-0.2, 0) is 6.54 Å².